The number of Topliss-reactive ketones (excluding diaryl/α,β-unsaturated/α-hetero) is 1. The number of H-pyrrole nitrogens is 1. The highest BCUT2D eigenvalue weighted by atomic mass is 32.2. The first-order valence-electron chi connectivity index (χ1n) is 12.2. The Hall–Kier alpha value is -2.94. The van der Waals surface area contributed by atoms with E-state index in [1.807, 2.05) is 0 Å². The highest BCUT2D eigenvalue weighted by Crippen LogP contribution is 2.51. The van der Waals surface area contributed by atoms with Crippen LogP contribution in [0.1, 0.15) is 64.0 Å². The standard InChI is InChI=1S/C27H35N3O5S/c1-14(2)8-9-36-26-29-24-23(25(32)30-26)21(22-16(28-24)12-27(3,4)13-17(22)31)15-10-19(34-6)20(35-7)11-18(15)33-5/h10-11,14,21H,8-9,12-13H2,1-7H3,(H2,28,29,30,32). The van der Waals surface area contributed by atoms with Crippen molar-refractivity contribution in [3.8, 4) is 17.2 Å². The molecule has 0 bridgehead atoms. The van der Waals surface area contributed by atoms with Crippen LogP contribution in [0.5, 0.6) is 17.2 Å². The number of nitrogens with zero attached hydrogens (tertiary/aromatic N) is 1. The van der Waals surface area contributed by atoms with Crippen LogP contribution >= 0.6 is 11.8 Å². The molecule has 0 spiro atoms. The van der Waals surface area contributed by atoms with Gasteiger partial charge in [0.05, 0.1) is 32.8 Å². The summed E-state index contributed by atoms with van der Waals surface area (Å²) in [5, 5.41) is 3.94. The number of aromatic amines is 1. The van der Waals surface area contributed by atoms with Crippen molar-refractivity contribution >= 4 is 23.4 Å². The maximum atomic E-state index is 13.6. The van der Waals surface area contributed by atoms with Gasteiger partial charge in [0.15, 0.2) is 22.4 Å². The molecule has 1 aromatic carbocycles. The second-order valence-corrected chi connectivity index (χ2v) is 11.6. The number of benzene rings is 1. The lowest BCUT2D eigenvalue weighted by atomic mass is 9.69. The van der Waals surface area contributed by atoms with Gasteiger partial charge in [-0.15, -0.1) is 0 Å². The van der Waals surface area contributed by atoms with E-state index in [0.717, 1.165) is 17.9 Å². The van der Waals surface area contributed by atoms with Gasteiger partial charge in [-0.25, -0.2) is 4.98 Å². The number of aromatic nitrogens is 2. The monoisotopic (exact) mass is 513 g/mol. The number of carbonyl (C=O) groups excluding carboxylic acids is 1. The average Bonchev–Trinajstić information content (AvgIpc) is 2.80. The van der Waals surface area contributed by atoms with E-state index < -0.39 is 5.92 Å². The summed E-state index contributed by atoms with van der Waals surface area (Å²) in [5.41, 5.74) is 1.97. The van der Waals surface area contributed by atoms with E-state index in [4.69, 9.17) is 19.2 Å². The number of carbonyl (C=O) groups is 1. The number of ketones is 1. The second kappa shape index (κ2) is 10.2. The molecule has 0 saturated heterocycles. The van der Waals surface area contributed by atoms with Crippen LogP contribution in [0, 0.1) is 11.3 Å². The van der Waals surface area contributed by atoms with Crippen LogP contribution in [0.15, 0.2) is 33.4 Å². The zero-order valence-electron chi connectivity index (χ0n) is 22.0. The van der Waals surface area contributed by atoms with Crippen molar-refractivity contribution in [2.24, 2.45) is 11.3 Å². The Kier molecular flexibility index (Phi) is 7.41. The van der Waals surface area contributed by atoms with Crippen LogP contribution in [-0.2, 0) is 4.79 Å². The summed E-state index contributed by atoms with van der Waals surface area (Å²) in [7, 11) is 4.67. The molecule has 1 unspecified atom stereocenters. The van der Waals surface area contributed by atoms with Crippen molar-refractivity contribution in [2.75, 3.05) is 32.4 Å². The SMILES string of the molecule is COc1cc(OC)c(C2C3=C(CC(C)(C)CC3=O)Nc3nc(SCCC(C)C)[nH]c(=O)c32)cc1OC. The van der Waals surface area contributed by atoms with Crippen LogP contribution in [0.4, 0.5) is 5.82 Å². The number of methoxy groups -OCH3 is 3. The first-order chi connectivity index (χ1) is 17.1. The minimum atomic E-state index is -0.652. The lowest BCUT2D eigenvalue weighted by Gasteiger charge is -2.39. The molecule has 8 nitrogen and oxygen atoms in total. The third kappa shape index (κ3) is 4.98. The van der Waals surface area contributed by atoms with E-state index in [-0.39, 0.29) is 16.8 Å². The smallest absolute Gasteiger partial charge is 0.257 e. The summed E-state index contributed by atoms with van der Waals surface area (Å²) in [6.45, 7) is 8.50. The number of ether oxygens (including phenoxy) is 3. The Labute approximate surface area is 216 Å². The molecular formula is C27H35N3O5S. The molecule has 194 valence electrons. The number of allylic oxidation sites excluding steroid dienone is 2. The first kappa shape index (κ1) is 26.1. The Bertz CT molecular complexity index is 1260. The quantitative estimate of drug-likeness (QED) is 0.370. The van der Waals surface area contributed by atoms with Gasteiger partial charge in [0.1, 0.15) is 11.6 Å². The Morgan fingerprint density at radius 2 is 1.72 bits per heavy atom. The van der Waals surface area contributed by atoms with Crippen LogP contribution < -0.4 is 25.1 Å². The van der Waals surface area contributed by atoms with Crippen LogP contribution in [0.3, 0.4) is 0 Å². The molecule has 4 rings (SSSR count). The molecule has 1 aliphatic heterocycles. The van der Waals surface area contributed by atoms with Crippen LogP contribution in [0.2, 0.25) is 0 Å². The molecule has 0 saturated carbocycles. The van der Waals surface area contributed by atoms with Gasteiger partial charge in [0.25, 0.3) is 5.56 Å². The molecule has 2 N–H and O–H groups in total. The topological polar surface area (TPSA) is 103 Å². The van der Waals surface area contributed by atoms with Gasteiger partial charge >= 0.3 is 0 Å². The molecule has 1 aliphatic carbocycles. The predicted octanol–water partition coefficient (Wildman–Crippen LogP) is 5.13. The number of anilines is 1. The highest BCUT2D eigenvalue weighted by Gasteiger charge is 2.43. The molecule has 2 aromatic rings. The molecule has 2 aliphatic rings. The zero-order chi connectivity index (χ0) is 26.2. The molecule has 9 heteroatoms. The van der Waals surface area contributed by atoms with E-state index in [1.165, 1.54) is 11.8 Å². The number of nitrogens with one attached hydrogen (secondary N) is 2. The van der Waals surface area contributed by atoms with Gasteiger partial charge in [0, 0.05) is 35.1 Å². The lowest BCUT2D eigenvalue weighted by molar-refractivity contribution is -0.118. The number of fused-ring (bicyclic) bond motifs is 1. The minimum absolute atomic E-state index is 0.0102. The fourth-order valence-corrected chi connectivity index (χ4v) is 6.05. The maximum absolute atomic E-state index is 13.6. The average molecular weight is 514 g/mol. The summed E-state index contributed by atoms with van der Waals surface area (Å²) in [6, 6.07) is 3.52. The second-order valence-electron chi connectivity index (χ2n) is 10.5. The molecule has 1 atom stereocenters. The summed E-state index contributed by atoms with van der Waals surface area (Å²) in [6.07, 6.45) is 2.08. The van der Waals surface area contributed by atoms with E-state index in [2.05, 4.69) is 38.0 Å². The highest BCUT2D eigenvalue weighted by molar-refractivity contribution is 7.99. The van der Waals surface area contributed by atoms with E-state index in [0.29, 0.717) is 63.7 Å². The van der Waals surface area contributed by atoms with E-state index in [1.54, 1.807) is 33.5 Å². The summed E-state index contributed by atoms with van der Waals surface area (Å²) < 4.78 is 16.7. The molecule has 1 aromatic heterocycles. The number of hydrogen-bond donors (Lipinski definition) is 2. The van der Waals surface area contributed by atoms with Gasteiger partial charge in [-0.3, -0.25) is 9.59 Å². The fraction of sp³-hybridized carbons (Fsp3) is 0.519. The molecule has 36 heavy (non-hydrogen) atoms. The molecule has 0 amide bonds. The van der Waals surface area contributed by atoms with Crippen LogP contribution in [0.25, 0.3) is 0 Å². The van der Waals surface area contributed by atoms with Crippen molar-refractivity contribution in [2.45, 2.75) is 58.0 Å². The van der Waals surface area contributed by atoms with Crippen molar-refractivity contribution in [3.05, 3.63) is 44.9 Å². The van der Waals surface area contributed by atoms with Crippen molar-refractivity contribution < 1.29 is 19.0 Å². The van der Waals surface area contributed by atoms with Gasteiger partial charge in [-0.1, -0.05) is 39.5 Å². The summed E-state index contributed by atoms with van der Waals surface area (Å²) >= 11 is 1.53. The molecule has 2 heterocycles. The largest absolute Gasteiger partial charge is 0.496 e. The number of rotatable bonds is 8. The predicted molar refractivity (Wildman–Crippen MR) is 142 cm³/mol. The van der Waals surface area contributed by atoms with Gasteiger partial charge in [0.2, 0.25) is 0 Å². The van der Waals surface area contributed by atoms with Gasteiger partial charge < -0.3 is 24.5 Å². The third-order valence-electron chi connectivity index (χ3n) is 6.68. The number of hydrogen-bond acceptors (Lipinski definition) is 8. The Balaban J connectivity index is 1.93. The Morgan fingerprint density at radius 1 is 1.06 bits per heavy atom. The van der Waals surface area contributed by atoms with Gasteiger partial charge in [-0.2, -0.15) is 0 Å². The van der Waals surface area contributed by atoms with Crippen molar-refractivity contribution in [1.82, 2.24) is 9.97 Å². The molecule has 0 radical (unpaired) electrons. The van der Waals surface area contributed by atoms with E-state index >= 15 is 0 Å². The molecular weight excluding hydrogens is 478 g/mol. The van der Waals surface area contributed by atoms with Gasteiger partial charge in [-0.05, 0) is 30.2 Å². The lowest BCUT2D eigenvalue weighted by Crippen LogP contribution is -2.37. The maximum Gasteiger partial charge on any atom is 0.257 e. The van der Waals surface area contributed by atoms with Crippen molar-refractivity contribution in [3.63, 3.8) is 0 Å². The summed E-state index contributed by atoms with van der Waals surface area (Å²) in [4.78, 5) is 34.9. The molecule has 0 fully saturated rings. The normalized spacial score (nSPS) is 18.4. The zero-order valence-corrected chi connectivity index (χ0v) is 22.9. The first-order valence-corrected chi connectivity index (χ1v) is 13.2. The fourth-order valence-electron chi connectivity index (χ4n) is 4.94. The minimum Gasteiger partial charge on any atom is -0.496 e. The van der Waals surface area contributed by atoms with E-state index in [9.17, 15) is 9.59 Å². The van der Waals surface area contributed by atoms with Crippen LogP contribution in [-0.4, -0.2) is 42.8 Å². The number of thioether (sulfide) groups is 1. The van der Waals surface area contributed by atoms with Crippen molar-refractivity contribution in [1.29, 1.82) is 0 Å². The Morgan fingerprint density at radius 3 is 2.36 bits per heavy atom. The summed E-state index contributed by atoms with van der Waals surface area (Å²) in [5.74, 6) is 2.75. The third-order valence-corrected chi connectivity index (χ3v) is 7.59.